The molecule has 0 aromatic heterocycles. The lowest BCUT2D eigenvalue weighted by atomic mass is 10.0. The summed E-state index contributed by atoms with van der Waals surface area (Å²) >= 11 is 0. The second kappa shape index (κ2) is 19.4. The Kier molecular flexibility index (Phi) is 15.2. The van der Waals surface area contributed by atoms with Gasteiger partial charge in [0.05, 0.1) is 17.6 Å². The molecule has 43 heavy (non-hydrogen) atoms. The van der Waals surface area contributed by atoms with Crippen molar-refractivity contribution in [3.63, 3.8) is 0 Å². The molecule has 0 bridgehead atoms. The van der Waals surface area contributed by atoms with Gasteiger partial charge < -0.3 is 9.47 Å². The van der Waals surface area contributed by atoms with E-state index >= 15 is 0 Å². The van der Waals surface area contributed by atoms with Crippen LogP contribution in [0.1, 0.15) is 115 Å². The van der Waals surface area contributed by atoms with Crippen molar-refractivity contribution in [3.8, 4) is 34.5 Å². The molecule has 230 valence electrons. The Balaban J connectivity index is 1.50. The Morgan fingerprint density at radius 3 is 1.86 bits per heavy atom. The van der Waals surface area contributed by atoms with Crippen molar-refractivity contribution in [1.82, 2.24) is 0 Å². The van der Waals surface area contributed by atoms with Crippen LogP contribution in [0.25, 0.3) is 11.1 Å². The van der Waals surface area contributed by atoms with E-state index in [0.717, 1.165) is 54.7 Å². The SMILES string of the molecule is CCCCCCCCCCOc1ccc(-c2ccc(C#Cc3ccc(O[C@H](C)CCCCCC)c([N+](=O)[O-])c3)cc2)cc1. The van der Waals surface area contributed by atoms with Gasteiger partial charge in [0.25, 0.3) is 0 Å². The van der Waals surface area contributed by atoms with Gasteiger partial charge in [0, 0.05) is 17.2 Å². The molecule has 0 heterocycles. The van der Waals surface area contributed by atoms with E-state index in [9.17, 15) is 10.1 Å². The zero-order valence-corrected chi connectivity index (χ0v) is 26.4. The minimum Gasteiger partial charge on any atom is -0.494 e. The molecule has 3 aromatic rings. The summed E-state index contributed by atoms with van der Waals surface area (Å²) in [4.78, 5) is 11.3. The first-order valence-corrected chi connectivity index (χ1v) is 16.3. The van der Waals surface area contributed by atoms with Crippen molar-refractivity contribution in [2.24, 2.45) is 0 Å². The normalized spacial score (nSPS) is 11.4. The Labute approximate surface area is 259 Å². The third kappa shape index (κ3) is 12.5. The van der Waals surface area contributed by atoms with E-state index in [1.54, 1.807) is 12.1 Å². The van der Waals surface area contributed by atoms with E-state index in [1.807, 2.05) is 43.3 Å². The van der Waals surface area contributed by atoms with Crippen LogP contribution in [0, 0.1) is 22.0 Å². The van der Waals surface area contributed by atoms with Gasteiger partial charge in [0.1, 0.15) is 5.75 Å². The maximum Gasteiger partial charge on any atom is 0.312 e. The molecule has 5 heteroatoms. The van der Waals surface area contributed by atoms with Gasteiger partial charge in [-0.25, -0.2) is 0 Å². The number of ether oxygens (including phenoxy) is 2. The standard InChI is InChI=1S/C38H49NO4/c1-4-6-8-10-11-12-13-15-29-42-36-26-24-35(25-27-36)34-22-19-32(20-23-34)17-18-33-21-28-38(37(30-33)39(40)41)43-31(3)16-14-9-7-5-2/h19-28,30-31H,4-16,29H2,1-3H3/t31-/m1/s1. The van der Waals surface area contributed by atoms with Gasteiger partial charge in [0.2, 0.25) is 0 Å². The predicted octanol–water partition coefficient (Wildman–Crippen LogP) is 10.9. The van der Waals surface area contributed by atoms with Crippen molar-refractivity contribution in [2.45, 2.75) is 110 Å². The topological polar surface area (TPSA) is 61.6 Å². The third-order valence-corrected chi connectivity index (χ3v) is 7.64. The zero-order valence-electron chi connectivity index (χ0n) is 26.4. The number of nitro benzene ring substituents is 1. The molecule has 5 nitrogen and oxygen atoms in total. The Morgan fingerprint density at radius 2 is 1.23 bits per heavy atom. The Morgan fingerprint density at radius 1 is 0.698 bits per heavy atom. The molecule has 0 radical (unpaired) electrons. The first kappa shape index (κ1) is 33.7. The summed E-state index contributed by atoms with van der Waals surface area (Å²) in [5, 5.41) is 11.7. The molecule has 1 atom stereocenters. The molecule has 0 saturated heterocycles. The average molecular weight is 584 g/mol. The van der Waals surface area contributed by atoms with Gasteiger partial charge in [0.15, 0.2) is 5.75 Å². The van der Waals surface area contributed by atoms with E-state index < -0.39 is 4.92 Å². The van der Waals surface area contributed by atoms with Crippen molar-refractivity contribution in [2.75, 3.05) is 6.61 Å². The number of rotatable bonds is 19. The fourth-order valence-corrected chi connectivity index (χ4v) is 5.03. The van der Waals surface area contributed by atoms with E-state index in [2.05, 4.69) is 37.8 Å². The first-order chi connectivity index (χ1) is 21.0. The molecule has 0 saturated carbocycles. The number of benzene rings is 3. The summed E-state index contributed by atoms with van der Waals surface area (Å²) in [6, 6.07) is 21.2. The highest BCUT2D eigenvalue weighted by atomic mass is 16.6. The summed E-state index contributed by atoms with van der Waals surface area (Å²) in [6.45, 7) is 7.16. The molecule has 0 N–H and O–H groups in total. The summed E-state index contributed by atoms with van der Waals surface area (Å²) in [6.07, 6.45) is 15.7. The Hall–Kier alpha value is -3.78. The van der Waals surface area contributed by atoms with Crippen molar-refractivity contribution in [1.29, 1.82) is 0 Å². The number of hydrogen-bond donors (Lipinski definition) is 0. The number of nitro groups is 1. The maximum atomic E-state index is 11.7. The minimum absolute atomic E-state index is 0.0483. The van der Waals surface area contributed by atoms with Crippen LogP contribution >= 0.6 is 0 Å². The van der Waals surface area contributed by atoms with Crippen LogP contribution in [0.3, 0.4) is 0 Å². The number of nitrogens with zero attached hydrogens (tertiary/aromatic N) is 1. The molecule has 3 aromatic carbocycles. The van der Waals surface area contributed by atoms with Crippen LogP contribution in [-0.2, 0) is 0 Å². The molecule has 0 aliphatic rings. The lowest BCUT2D eigenvalue weighted by Crippen LogP contribution is -2.12. The highest BCUT2D eigenvalue weighted by Gasteiger charge is 2.18. The van der Waals surface area contributed by atoms with Crippen LogP contribution in [-0.4, -0.2) is 17.6 Å². The van der Waals surface area contributed by atoms with Gasteiger partial charge in [-0.2, -0.15) is 0 Å². The molecule has 0 unspecified atom stereocenters. The monoisotopic (exact) mass is 583 g/mol. The molecule has 0 aliphatic heterocycles. The van der Waals surface area contributed by atoms with Gasteiger partial charge in [-0.15, -0.1) is 0 Å². The lowest BCUT2D eigenvalue weighted by Gasteiger charge is -2.14. The van der Waals surface area contributed by atoms with Crippen LogP contribution < -0.4 is 9.47 Å². The van der Waals surface area contributed by atoms with Gasteiger partial charge in [-0.05, 0) is 73.7 Å². The fraction of sp³-hybridized carbons (Fsp3) is 0.474. The highest BCUT2D eigenvalue weighted by molar-refractivity contribution is 5.65. The number of hydrogen-bond acceptors (Lipinski definition) is 4. The van der Waals surface area contributed by atoms with Gasteiger partial charge in [-0.1, -0.05) is 114 Å². The molecular weight excluding hydrogens is 534 g/mol. The maximum absolute atomic E-state index is 11.7. The highest BCUT2D eigenvalue weighted by Crippen LogP contribution is 2.29. The van der Waals surface area contributed by atoms with Gasteiger partial charge in [-0.3, -0.25) is 10.1 Å². The smallest absolute Gasteiger partial charge is 0.312 e. The molecule has 0 amide bonds. The number of unbranched alkanes of at least 4 members (excludes halogenated alkanes) is 10. The molecule has 3 rings (SSSR count). The van der Waals surface area contributed by atoms with E-state index in [1.165, 1.54) is 63.9 Å². The summed E-state index contributed by atoms with van der Waals surface area (Å²) < 4.78 is 11.9. The quantitative estimate of drug-likeness (QED) is 0.0609. The van der Waals surface area contributed by atoms with Crippen molar-refractivity contribution < 1.29 is 14.4 Å². The lowest BCUT2D eigenvalue weighted by molar-refractivity contribution is -0.386. The van der Waals surface area contributed by atoms with Crippen molar-refractivity contribution >= 4 is 5.69 Å². The van der Waals surface area contributed by atoms with Crippen molar-refractivity contribution in [3.05, 3.63) is 88.0 Å². The molecule has 0 fully saturated rings. The van der Waals surface area contributed by atoms with E-state index in [0.29, 0.717) is 11.3 Å². The Bertz CT molecular complexity index is 1290. The minimum atomic E-state index is -0.397. The van der Waals surface area contributed by atoms with Crippen LogP contribution in [0.15, 0.2) is 66.7 Å². The van der Waals surface area contributed by atoms with Crippen LogP contribution in [0.5, 0.6) is 11.5 Å². The molecule has 0 aliphatic carbocycles. The predicted molar refractivity (Wildman–Crippen MR) is 178 cm³/mol. The molecular formula is C38H49NO4. The molecule has 0 spiro atoms. The van der Waals surface area contributed by atoms with E-state index in [-0.39, 0.29) is 11.8 Å². The largest absolute Gasteiger partial charge is 0.494 e. The van der Waals surface area contributed by atoms with Crippen LogP contribution in [0.4, 0.5) is 5.69 Å². The second-order valence-corrected chi connectivity index (χ2v) is 11.4. The summed E-state index contributed by atoms with van der Waals surface area (Å²) in [7, 11) is 0. The summed E-state index contributed by atoms with van der Waals surface area (Å²) in [5.41, 5.74) is 3.60. The first-order valence-electron chi connectivity index (χ1n) is 16.3. The second-order valence-electron chi connectivity index (χ2n) is 11.4. The average Bonchev–Trinajstić information content (AvgIpc) is 3.02. The summed E-state index contributed by atoms with van der Waals surface area (Å²) in [5.74, 6) is 7.40. The third-order valence-electron chi connectivity index (χ3n) is 7.64. The fourth-order valence-electron chi connectivity index (χ4n) is 5.03. The van der Waals surface area contributed by atoms with E-state index in [4.69, 9.17) is 9.47 Å². The van der Waals surface area contributed by atoms with Gasteiger partial charge >= 0.3 is 5.69 Å². The zero-order chi connectivity index (χ0) is 30.7. The van der Waals surface area contributed by atoms with Crippen LogP contribution in [0.2, 0.25) is 0 Å².